The molecule has 0 bridgehead atoms. The molecule has 5 amide bonds. The molecule has 282 valence electrons. The third-order valence-corrected chi connectivity index (χ3v) is 8.65. The molecule has 1 aromatic rings. The maximum atomic E-state index is 13.7. The zero-order chi connectivity index (χ0) is 37.6. The van der Waals surface area contributed by atoms with E-state index in [1.165, 1.54) is 18.3 Å². The number of allylic oxidation sites excluding steroid dienone is 1. The molecule has 0 saturated heterocycles. The van der Waals surface area contributed by atoms with E-state index < -0.39 is 71.8 Å². The Labute approximate surface area is 299 Å². The summed E-state index contributed by atoms with van der Waals surface area (Å²) in [6.07, 6.45) is 6.49. The minimum absolute atomic E-state index is 0.0119. The van der Waals surface area contributed by atoms with Gasteiger partial charge < -0.3 is 48.9 Å². The van der Waals surface area contributed by atoms with Crippen LogP contribution < -0.4 is 43.8 Å². The summed E-state index contributed by atoms with van der Waals surface area (Å²) in [7, 11) is 0. The second-order valence-corrected chi connectivity index (χ2v) is 13.8. The Bertz CT molecular complexity index is 1240. The van der Waals surface area contributed by atoms with E-state index in [0.29, 0.717) is 38.8 Å². The molecule has 15 nitrogen and oxygen atoms in total. The van der Waals surface area contributed by atoms with E-state index in [2.05, 4.69) is 26.6 Å². The van der Waals surface area contributed by atoms with Gasteiger partial charge in [0.2, 0.25) is 29.5 Å². The molecule has 0 radical (unpaired) electrons. The molecular weight excluding hydrogens is 664 g/mol. The summed E-state index contributed by atoms with van der Waals surface area (Å²) < 4.78 is 0. The molecule has 0 aliphatic rings. The first-order chi connectivity index (χ1) is 23.7. The van der Waals surface area contributed by atoms with E-state index in [0.717, 1.165) is 4.88 Å². The maximum Gasteiger partial charge on any atom is 0.326 e. The van der Waals surface area contributed by atoms with Gasteiger partial charge in [-0.2, -0.15) is 0 Å². The Kier molecular flexibility index (Phi) is 21.5. The fourth-order valence-electron chi connectivity index (χ4n) is 4.95. The van der Waals surface area contributed by atoms with Gasteiger partial charge in [0, 0.05) is 11.3 Å². The minimum atomic E-state index is -1.19. The molecule has 12 N–H and O–H groups in total. The SMILES string of the molecule is C/C=C/C[C@H](NC(=O)[C@H](CCCCN)NC(=O)[C@H](CCCCN)NC(=O)[C@H](C)N)C(=O)N[C@@H](Cc1cccs1)C(=O)N[C@@H](CC(C)C)C(=O)O. The summed E-state index contributed by atoms with van der Waals surface area (Å²) in [4.78, 5) is 79.4. The van der Waals surface area contributed by atoms with Crippen LogP contribution >= 0.6 is 11.3 Å². The number of unbranched alkanes of at least 4 members (excludes halogenated alkanes) is 2. The number of nitrogens with one attached hydrogen (secondary N) is 5. The van der Waals surface area contributed by atoms with Gasteiger partial charge >= 0.3 is 5.97 Å². The van der Waals surface area contributed by atoms with Crippen molar-refractivity contribution in [1.29, 1.82) is 0 Å². The van der Waals surface area contributed by atoms with E-state index in [4.69, 9.17) is 17.2 Å². The van der Waals surface area contributed by atoms with Crippen molar-refractivity contribution in [2.45, 2.75) is 122 Å². The summed E-state index contributed by atoms with van der Waals surface area (Å²) >= 11 is 1.38. The monoisotopic (exact) mass is 722 g/mol. The fraction of sp³-hybridized carbons (Fsp3) is 0.647. The second kappa shape index (κ2) is 24.3. The van der Waals surface area contributed by atoms with Crippen LogP contribution in [0.25, 0.3) is 0 Å². The van der Waals surface area contributed by atoms with Crippen LogP contribution in [0.1, 0.15) is 83.9 Å². The summed E-state index contributed by atoms with van der Waals surface area (Å²) in [5.41, 5.74) is 17.0. The van der Waals surface area contributed by atoms with Gasteiger partial charge in [0.25, 0.3) is 0 Å². The molecule has 1 rings (SSSR count). The summed E-state index contributed by atoms with van der Waals surface area (Å²) in [6.45, 7) is 7.70. The number of thiophene rings is 1. The quantitative estimate of drug-likeness (QED) is 0.0496. The van der Waals surface area contributed by atoms with E-state index in [9.17, 15) is 33.9 Å². The van der Waals surface area contributed by atoms with Crippen LogP contribution in [0.2, 0.25) is 0 Å². The predicted molar refractivity (Wildman–Crippen MR) is 194 cm³/mol. The van der Waals surface area contributed by atoms with Gasteiger partial charge in [-0.15, -0.1) is 11.3 Å². The van der Waals surface area contributed by atoms with Crippen LogP contribution in [0.4, 0.5) is 0 Å². The molecule has 1 aromatic heterocycles. The number of carboxylic acids is 1. The van der Waals surface area contributed by atoms with Crippen LogP contribution in [0, 0.1) is 5.92 Å². The largest absolute Gasteiger partial charge is 0.480 e. The van der Waals surface area contributed by atoms with Crippen molar-refractivity contribution in [3.63, 3.8) is 0 Å². The number of hydrogen-bond acceptors (Lipinski definition) is 10. The number of aliphatic carboxylic acids is 1. The second-order valence-electron chi connectivity index (χ2n) is 12.7. The highest BCUT2D eigenvalue weighted by molar-refractivity contribution is 7.09. The van der Waals surface area contributed by atoms with Crippen molar-refractivity contribution >= 4 is 46.8 Å². The Morgan fingerprint density at radius 1 is 0.740 bits per heavy atom. The Morgan fingerprint density at radius 3 is 1.68 bits per heavy atom. The van der Waals surface area contributed by atoms with Crippen molar-refractivity contribution in [3.05, 3.63) is 34.5 Å². The highest BCUT2D eigenvalue weighted by Gasteiger charge is 2.32. The smallest absolute Gasteiger partial charge is 0.326 e. The number of rotatable bonds is 25. The third kappa shape index (κ3) is 17.2. The van der Waals surface area contributed by atoms with Gasteiger partial charge in [-0.3, -0.25) is 24.0 Å². The Morgan fingerprint density at radius 2 is 1.22 bits per heavy atom. The third-order valence-electron chi connectivity index (χ3n) is 7.75. The maximum absolute atomic E-state index is 13.7. The zero-order valence-corrected chi connectivity index (χ0v) is 30.6. The lowest BCUT2D eigenvalue weighted by Gasteiger charge is -2.27. The average Bonchev–Trinajstić information content (AvgIpc) is 3.57. The Hall–Kier alpha value is -3.86. The number of carboxylic acid groups (broad SMARTS) is 1. The van der Waals surface area contributed by atoms with Crippen LogP contribution in [-0.4, -0.2) is 90.0 Å². The summed E-state index contributed by atoms with van der Waals surface area (Å²) in [5, 5.41) is 24.9. The molecule has 0 spiro atoms. The number of carbonyl (C=O) groups is 6. The summed E-state index contributed by atoms with van der Waals surface area (Å²) in [5.74, 6) is -4.28. The standard InChI is InChI=1S/C34H58N8O7S/c1-5-6-13-24(32(46)41-27(20-23-12-11-18-50-23)33(47)42-28(34(48)49)19-21(2)3)39-31(45)26(15-8-10-17-36)40-30(44)25(14-7-9-16-35)38-29(43)22(4)37/h5-6,11-12,18,21-22,24-28H,7-10,13-17,19-20,35-37H2,1-4H3,(H,38,43)(H,39,45)(H,40,44)(H,41,46)(H,42,47)(H,48,49)/b6-5+/t22-,24-,25-,26-,27-,28-/m0/s1. The zero-order valence-electron chi connectivity index (χ0n) is 29.7. The van der Waals surface area contributed by atoms with Gasteiger partial charge in [0.15, 0.2) is 0 Å². The lowest BCUT2D eigenvalue weighted by molar-refractivity contribution is -0.142. The summed E-state index contributed by atoms with van der Waals surface area (Å²) in [6, 6.07) is -2.73. The number of amides is 5. The van der Waals surface area contributed by atoms with E-state index in [-0.39, 0.29) is 38.0 Å². The van der Waals surface area contributed by atoms with Gasteiger partial charge in [0.1, 0.15) is 30.2 Å². The Balaban J connectivity index is 3.28. The van der Waals surface area contributed by atoms with Crippen LogP contribution in [0.15, 0.2) is 29.7 Å². The van der Waals surface area contributed by atoms with Crippen LogP contribution in [-0.2, 0) is 35.2 Å². The molecule has 16 heteroatoms. The van der Waals surface area contributed by atoms with E-state index in [1.807, 2.05) is 19.2 Å². The molecule has 6 atom stereocenters. The normalized spacial score (nSPS) is 15.0. The van der Waals surface area contributed by atoms with Crippen molar-refractivity contribution in [1.82, 2.24) is 26.6 Å². The highest BCUT2D eigenvalue weighted by atomic mass is 32.1. The van der Waals surface area contributed by atoms with Gasteiger partial charge in [-0.1, -0.05) is 32.1 Å². The molecule has 0 fully saturated rings. The first kappa shape index (κ1) is 44.2. The number of carbonyl (C=O) groups excluding carboxylic acids is 5. The topological polar surface area (TPSA) is 261 Å². The number of nitrogens with two attached hydrogens (primary N) is 3. The van der Waals surface area contributed by atoms with Crippen molar-refractivity contribution in [3.8, 4) is 0 Å². The predicted octanol–water partition coefficient (Wildman–Crippen LogP) is 0.417. The van der Waals surface area contributed by atoms with Crippen molar-refractivity contribution in [2.24, 2.45) is 23.1 Å². The fourth-order valence-corrected chi connectivity index (χ4v) is 5.70. The number of hydrogen-bond donors (Lipinski definition) is 9. The first-order valence-corrected chi connectivity index (χ1v) is 18.2. The van der Waals surface area contributed by atoms with Gasteiger partial charge in [-0.05, 0) is 95.7 Å². The minimum Gasteiger partial charge on any atom is -0.480 e. The molecule has 0 unspecified atom stereocenters. The molecule has 0 aliphatic heterocycles. The molecule has 0 aliphatic carbocycles. The van der Waals surface area contributed by atoms with E-state index >= 15 is 0 Å². The molecule has 0 aromatic carbocycles. The lowest BCUT2D eigenvalue weighted by Crippen LogP contribution is -2.59. The van der Waals surface area contributed by atoms with Crippen LogP contribution in [0.3, 0.4) is 0 Å². The molecule has 0 saturated carbocycles. The van der Waals surface area contributed by atoms with Crippen LogP contribution in [0.5, 0.6) is 0 Å². The molecule has 1 heterocycles. The average molecular weight is 723 g/mol. The lowest BCUT2D eigenvalue weighted by atomic mass is 10.0. The van der Waals surface area contributed by atoms with Crippen molar-refractivity contribution < 1.29 is 33.9 Å². The van der Waals surface area contributed by atoms with Crippen molar-refractivity contribution in [2.75, 3.05) is 13.1 Å². The highest BCUT2D eigenvalue weighted by Crippen LogP contribution is 2.13. The van der Waals surface area contributed by atoms with Gasteiger partial charge in [-0.25, -0.2) is 4.79 Å². The molecule has 50 heavy (non-hydrogen) atoms. The van der Waals surface area contributed by atoms with E-state index in [1.54, 1.807) is 31.2 Å². The molecular formula is C34H58N8O7S. The first-order valence-electron chi connectivity index (χ1n) is 17.3. The van der Waals surface area contributed by atoms with Gasteiger partial charge in [0.05, 0.1) is 6.04 Å².